The molecule has 17 heavy (non-hydrogen) atoms. The molecule has 0 saturated carbocycles. The van der Waals surface area contributed by atoms with Crippen LogP contribution in [0.25, 0.3) is 0 Å². The molecule has 1 amide bonds. The number of carbonyl (C=O) groups is 1. The quantitative estimate of drug-likeness (QED) is 0.806. The summed E-state index contributed by atoms with van der Waals surface area (Å²) in [7, 11) is 1.50. The summed E-state index contributed by atoms with van der Waals surface area (Å²) in [6, 6.07) is 0. The molecule has 1 heterocycles. The first-order valence-corrected chi connectivity index (χ1v) is 5.51. The van der Waals surface area contributed by atoms with Crippen molar-refractivity contribution in [3.8, 4) is 0 Å². The largest absolute Gasteiger partial charge is 0.389 e. The van der Waals surface area contributed by atoms with Crippen LogP contribution in [-0.2, 0) is 9.53 Å². The predicted octanol–water partition coefficient (Wildman–Crippen LogP) is 0.776. The molecule has 0 spiro atoms. The smallest absolute Gasteiger partial charge is 0.374 e. The van der Waals surface area contributed by atoms with Crippen molar-refractivity contribution in [2.75, 3.05) is 33.3 Å². The molecule has 1 aliphatic rings. The standard InChI is InChI=1S/C10H17F3N2O2/c1-15(7-8-6-14-4-5-17-8)9(16)2-3-10(11,12)13/h8,14H,2-7H2,1H3. The lowest BCUT2D eigenvalue weighted by Gasteiger charge is -2.28. The van der Waals surface area contributed by atoms with E-state index in [1.54, 1.807) is 0 Å². The van der Waals surface area contributed by atoms with Crippen LogP contribution in [0.1, 0.15) is 12.8 Å². The first-order chi connectivity index (χ1) is 7.88. The van der Waals surface area contributed by atoms with Crippen LogP contribution in [0.3, 0.4) is 0 Å². The SMILES string of the molecule is CN(CC1CNCCO1)C(=O)CCC(F)(F)F. The number of likely N-dealkylation sites (N-methyl/N-ethyl adjacent to an activating group) is 1. The van der Waals surface area contributed by atoms with Gasteiger partial charge < -0.3 is 15.0 Å². The number of ether oxygens (including phenoxy) is 1. The molecule has 1 N–H and O–H groups in total. The van der Waals surface area contributed by atoms with Crippen molar-refractivity contribution < 1.29 is 22.7 Å². The molecule has 1 rings (SSSR count). The maximum absolute atomic E-state index is 11.9. The Kier molecular flexibility index (Phi) is 5.20. The first kappa shape index (κ1) is 14.2. The fourth-order valence-electron chi connectivity index (χ4n) is 1.58. The van der Waals surface area contributed by atoms with Gasteiger partial charge in [-0.05, 0) is 0 Å². The van der Waals surface area contributed by atoms with Gasteiger partial charge in [0.2, 0.25) is 5.91 Å². The molecular weight excluding hydrogens is 237 g/mol. The van der Waals surface area contributed by atoms with Gasteiger partial charge in [-0.1, -0.05) is 0 Å². The maximum atomic E-state index is 11.9. The second-order valence-electron chi connectivity index (χ2n) is 4.09. The minimum Gasteiger partial charge on any atom is -0.374 e. The Hall–Kier alpha value is -0.820. The topological polar surface area (TPSA) is 41.6 Å². The maximum Gasteiger partial charge on any atom is 0.389 e. The van der Waals surface area contributed by atoms with Gasteiger partial charge in [-0.15, -0.1) is 0 Å². The highest BCUT2D eigenvalue weighted by Gasteiger charge is 2.29. The highest BCUT2D eigenvalue weighted by molar-refractivity contribution is 5.75. The third-order valence-electron chi connectivity index (χ3n) is 2.53. The van der Waals surface area contributed by atoms with Crippen molar-refractivity contribution in [2.24, 2.45) is 0 Å². The monoisotopic (exact) mass is 254 g/mol. The summed E-state index contributed by atoms with van der Waals surface area (Å²) in [6.45, 7) is 2.28. The number of carbonyl (C=O) groups excluding carboxylic acids is 1. The molecule has 1 unspecified atom stereocenters. The van der Waals surface area contributed by atoms with Gasteiger partial charge in [-0.25, -0.2) is 0 Å². The van der Waals surface area contributed by atoms with Gasteiger partial charge in [0, 0.05) is 33.1 Å². The number of nitrogens with one attached hydrogen (secondary N) is 1. The van der Waals surface area contributed by atoms with E-state index in [1.807, 2.05) is 0 Å². The number of hydrogen-bond donors (Lipinski definition) is 1. The van der Waals surface area contributed by atoms with E-state index in [0.717, 1.165) is 6.54 Å². The number of hydrogen-bond acceptors (Lipinski definition) is 3. The second kappa shape index (κ2) is 6.20. The van der Waals surface area contributed by atoms with Crippen LogP contribution >= 0.6 is 0 Å². The molecule has 0 aromatic rings. The van der Waals surface area contributed by atoms with Crippen molar-refractivity contribution in [3.05, 3.63) is 0 Å². The van der Waals surface area contributed by atoms with E-state index >= 15 is 0 Å². The zero-order valence-electron chi connectivity index (χ0n) is 9.72. The normalized spacial score (nSPS) is 21.3. The van der Waals surface area contributed by atoms with Gasteiger partial charge in [0.25, 0.3) is 0 Å². The first-order valence-electron chi connectivity index (χ1n) is 5.51. The van der Waals surface area contributed by atoms with Crippen LogP contribution < -0.4 is 5.32 Å². The van der Waals surface area contributed by atoms with Crippen LogP contribution in [0.5, 0.6) is 0 Å². The number of rotatable bonds is 4. The molecule has 1 atom stereocenters. The van der Waals surface area contributed by atoms with Crippen LogP contribution in [-0.4, -0.2) is 56.4 Å². The summed E-state index contributed by atoms with van der Waals surface area (Å²) in [5, 5.41) is 3.09. The Morgan fingerprint density at radius 3 is 2.76 bits per heavy atom. The molecule has 100 valence electrons. The third-order valence-corrected chi connectivity index (χ3v) is 2.53. The highest BCUT2D eigenvalue weighted by atomic mass is 19.4. The van der Waals surface area contributed by atoms with Gasteiger partial charge >= 0.3 is 6.18 Å². The fourth-order valence-corrected chi connectivity index (χ4v) is 1.58. The van der Waals surface area contributed by atoms with E-state index in [0.29, 0.717) is 19.7 Å². The fraction of sp³-hybridized carbons (Fsp3) is 0.900. The molecule has 7 heteroatoms. The molecule has 4 nitrogen and oxygen atoms in total. The van der Waals surface area contributed by atoms with Crippen LogP contribution in [0.2, 0.25) is 0 Å². The molecule has 0 radical (unpaired) electrons. The minimum absolute atomic E-state index is 0.136. The Labute approximate surface area is 98.1 Å². The summed E-state index contributed by atoms with van der Waals surface area (Å²) in [6.07, 6.45) is -5.98. The zero-order valence-corrected chi connectivity index (χ0v) is 9.72. The van der Waals surface area contributed by atoms with E-state index in [-0.39, 0.29) is 6.10 Å². The molecule has 1 aliphatic heterocycles. The van der Waals surface area contributed by atoms with Gasteiger partial charge in [0.15, 0.2) is 0 Å². The molecule has 0 aliphatic carbocycles. The van der Waals surface area contributed by atoms with Gasteiger partial charge in [-0.3, -0.25) is 4.79 Å². The second-order valence-corrected chi connectivity index (χ2v) is 4.09. The number of amides is 1. The molecule has 1 saturated heterocycles. The summed E-state index contributed by atoms with van der Waals surface area (Å²) in [4.78, 5) is 12.7. The van der Waals surface area contributed by atoms with E-state index in [1.165, 1.54) is 11.9 Å². The lowest BCUT2D eigenvalue weighted by molar-refractivity contribution is -0.149. The molecule has 1 fully saturated rings. The van der Waals surface area contributed by atoms with Crippen LogP contribution in [0, 0.1) is 0 Å². The Balaban J connectivity index is 2.26. The van der Waals surface area contributed by atoms with E-state index < -0.39 is 24.9 Å². The Morgan fingerprint density at radius 2 is 2.24 bits per heavy atom. The third kappa shape index (κ3) is 5.88. The molecular formula is C10H17F3N2O2. The number of halogens is 3. The van der Waals surface area contributed by atoms with Crippen molar-refractivity contribution in [2.45, 2.75) is 25.1 Å². The Morgan fingerprint density at radius 1 is 1.53 bits per heavy atom. The van der Waals surface area contributed by atoms with Gasteiger partial charge in [0.05, 0.1) is 19.1 Å². The van der Waals surface area contributed by atoms with Crippen molar-refractivity contribution >= 4 is 5.91 Å². The lowest BCUT2D eigenvalue weighted by atomic mass is 10.2. The average Bonchev–Trinajstić information content (AvgIpc) is 2.26. The number of alkyl halides is 3. The van der Waals surface area contributed by atoms with Gasteiger partial charge in [-0.2, -0.15) is 13.2 Å². The summed E-state index contributed by atoms with van der Waals surface area (Å²) >= 11 is 0. The van der Waals surface area contributed by atoms with Crippen molar-refractivity contribution in [1.82, 2.24) is 10.2 Å². The van der Waals surface area contributed by atoms with E-state index in [2.05, 4.69) is 5.32 Å². The van der Waals surface area contributed by atoms with E-state index in [4.69, 9.17) is 4.74 Å². The number of nitrogens with zero attached hydrogens (tertiary/aromatic N) is 1. The summed E-state index contributed by atoms with van der Waals surface area (Å²) in [5.74, 6) is -0.503. The molecule has 0 aromatic carbocycles. The molecule has 0 aromatic heterocycles. The van der Waals surface area contributed by atoms with Crippen LogP contribution in [0.4, 0.5) is 13.2 Å². The minimum atomic E-state index is -4.28. The lowest BCUT2D eigenvalue weighted by Crippen LogP contribution is -2.45. The van der Waals surface area contributed by atoms with Crippen LogP contribution in [0.15, 0.2) is 0 Å². The average molecular weight is 254 g/mol. The van der Waals surface area contributed by atoms with Crippen molar-refractivity contribution in [3.63, 3.8) is 0 Å². The van der Waals surface area contributed by atoms with Gasteiger partial charge in [0.1, 0.15) is 0 Å². The summed E-state index contributed by atoms with van der Waals surface area (Å²) in [5.41, 5.74) is 0. The number of morpholine rings is 1. The van der Waals surface area contributed by atoms with E-state index in [9.17, 15) is 18.0 Å². The zero-order chi connectivity index (χ0) is 12.9. The van der Waals surface area contributed by atoms with Crippen molar-refractivity contribution in [1.29, 1.82) is 0 Å². The molecule has 0 bridgehead atoms. The Bertz CT molecular complexity index is 252. The highest BCUT2D eigenvalue weighted by Crippen LogP contribution is 2.21. The summed E-state index contributed by atoms with van der Waals surface area (Å²) < 4.78 is 41.2. The predicted molar refractivity (Wildman–Crippen MR) is 55.5 cm³/mol.